The van der Waals surface area contributed by atoms with Crippen LogP contribution < -0.4 is 0 Å². The van der Waals surface area contributed by atoms with Crippen LogP contribution in [-0.4, -0.2) is 53.8 Å². The third-order valence-electron chi connectivity index (χ3n) is 4.30. The molecular formula is C15H16N6O2. The Morgan fingerprint density at radius 1 is 1.35 bits per heavy atom. The highest BCUT2D eigenvalue weighted by Crippen LogP contribution is 2.30. The van der Waals surface area contributed by atoms with E-state index in [1.165, 1.54) is 6.20 Å². The number of aliphatic hydroxyl groups is 1. The Morgan fingerprint density at radius 2 is 2.26 bits per heavy atom. The van der Waals surface area contributed by atoms with Gasteiger partial charge in [0.05, 0.1) is 36.3 Å². The van der Waals surface area contributed by atoms with Gasteiger partial charge in [0.15, 0.2) is 0 Å². The minimum atomic E-state index is -1.15. The first-order chi connectivity index (χ1) is 11.2. The molecule has 23 heavy (non-hydrogen) atoms. The van der Waals surface area contributed by atoms with Gasteiger partial charge in [0.2, 0.25) is 0 Å². The Hall–Kier alpha value is -2.74. The zero-order valence-corrected chi connectivity index (χ0v) is 12.4. The number of imidazole rings is 1. The second kappa shape index (κ2) is 5.17. The van der Waals surface area contributed by atoms with E-state index in [1.54, 1.807) is 34.1 Å². The highest BCUT2D eigenvalue weighted by Gasteiger charge is 2.39. The monoisotopic (exact) mass is 312 g/mol. The van der Waals surface area contributed by atoms with Crippen molar-refractivity contribution in [3.8, 4) is 0 Å². The number of carbonyl (C=O) groups excluding carboxylic acids is 1. The molecule has 0 aliphatic carbocycles. The lowest BCUT2D eigenvalue weighted by atomic mass is 9.89. The molecule has 0 spiro atoms. The van der Waals surface area contributed by atoms with Crippen LogP contribution in [0.3, 0.4) is 0 Å². The van der Waals surface area contributed by atoms with Gasteiger partial charge in [-0.3, -0.25) is 4.79 Å². The molecule has 8 nitrogen and oxygen atoms in total. The highest BCUT2D eigenvalue weighted by molar-refractivity contribution is 5.94. The first-order valence-electron chi connectivity index (χ1n) is 7.45. The van der Waals surface area contributed by atoms with Gasteiger partial charge in [0.25, 0.3) is 5.91 Å². The van der Waals surface area contributed by atoms with Gasteiger partial charge in [-0.05, 0) is 25.0 Å². The fourth-order valence-electron chi connectivity index (χ4n) is 3.07. The molecule has 3 aromatic heterocycles. The summed E-state index contributed by atoms with van der Waals surface area (Å²) in [5, 5.41) is 21.0. The summed E-state index contributed by atoms with van der Waals surface area (Å²) in [7, 11) is 0. The molecule has 1 aliphatic heterocycles. The molecular weight excluding hydrogens is 296 g/mol. The topological polar surface area (TPSA) is 99.4 Å². The van der Waals surface area contributed by atoms with Gasteiger partial charge in [0.1, 0.15) is 11.3 Å². The number of pyridine rings is 1. The third kappa shape index (κ3) is 2.36. The molecule has 8 heteroatoms. The van der Waals surface area contributed by atoms with Crippen molar-refractivity contribution in [3.05, 3.63) is 48.3 Å². The van der Waals surface area contributed by atoms with Crippen LogP contribution in [0.15, 0.2) is 37.1 Å². The summed E-state index contributed by atoms with van der Waals surface area (Å²) in [5.41, 5.74) is 0.819. The van der Waals surface area contributed by atoms with Crippen molar-refractivity contribution in [2.45, 2.75) is 18.4 Å². The number of β-amino-alcohol motifs (C(OH)–C–C–N with tert-alkyl or cyclic N) is 1. The summed E-state index contributed by atoms with van der Waals surface area (Å²) >= 11 is 0. The number of aromatic amines is 1. The second-order valence-corrected chi connectivity index (χ2v) is 5.86. The molecule has 118 valence electrons. The van der Waals surface area contributed by atoms with Crippen LogP contribution in [0.2, 0.25) is 0 Å². The summed E-state index contributed by atoms with van der Waals surface area (Å²) in [4.78, 5) is 18.5. The second-order valence-electron chi connectivity index (χ2n) is 5.86. The lowest BCUT2D eigenvalue weighted by Crippen LogP contribution is -2.48. The summed E-state index contributed by atoms with van der Waals surface area (Å²) < 4.78 is 1.81. The van der Waals surface area contributed by atoms with Crippen molar-refractivity contribution >= 4 is 11.4 Å². The third-order valence-corrected chi connectivity index (χ3v) is 4.30. The Balaban J connectivity index is 1.60. The molecule has 4 heterocycles. The number of fused-ring (bicyclic) bond motifs is 1. The number of H-pyrrole nitrogens is 1. The number of nitrogens with one attached hydrogen (secondary N) is 1. The van der Waals surface area contributed by atoms with E-state index in [0.29, 0.717) is 30.6 Å². The molecule has 0 aromatic carbocycles. The van der Waals surface area contributed by atoms with E-state index in [4.69, 9.17) is 0 Å². The van der Waals surface area contributed by atoms with E-state index in [9.17, 15) is 9.90 Å². The molecule has 1 amide bonds. The van der Waals surface area contributed by atoms with Gasteiger partial charge in [0, 0.05) is 12.7 Å². The quantitative estimate of drug-likeness (QED) is 0.721. The van der Waals surface area contributed by atoms with E-state index in [1.807, 2.05) is 6.07 Å². The van der Waals surface area contributed by atoms with E-state index >= 15 is 0 Å². The number of rotatable bonds is 2. The van der Waals surface area contributed by atoms with Crippen molar-refractivity contribution < 1.29 is 9.90 Å². The molecule has 0 radical (unpaired) electrons. The minimum absolute atomic E-state index is 0.109. The summed E-state index contributed by atoms with van der Waals surface area (Å²) in [6.07, 6.45) is 7.93. The Bertz CT molecular complexity index is 843. The predicted octanol–water partition coefficient (Wildman–Crippen LogP) is 0.576. The highest BCUT2D eigenvalue weighted by atomic mass is 16.3. The lowest BCUT2D eigenvalue weighted by molar-refractivity contribution is -0.0320. The zero-order chi connectivity index (χ0) is 15.9. The van der Waals surface area contributed by atoms with Crippen LogP contribution in [-0.2, 0) is 5.60 Å². The first-order valence-corrected chi connectivity index (χ1v) is 7.45. The normalized spacial score (nSPS) is 21.7. The lowest BCUT2D eigenvalue weighted by Gasteiger charge is -2.38. The average Bonchev–Trinajstić information content (AvgIpc) is 3.25. The fraction of sp³-hybridized carbons (Fsp3) is 0.333. The van der Waals surface area contributed by atoms with Gasteiger partial charge in [-0.2, -0.15) is 15.4 Å². The molecule has 0 saturated carbocycles. The first kappa shape index (κ1) is 13.9. The largest absolute Gasteiger partial charge is 0.382 e. The smallest absolute Gasteiger partial charge is 0.255 e. The number of carbonyl (C=O) groups is 1. The van der Waals surface area contributed by atoms with Gasteiger partial charge >= 0.3 is 0 Å². The maximum atomic E-state index is 12.8. The Labute approximate surface area is 131 Å². The van der Waals surface area contributed by atoms with Crippen LogP contribution in [0, 0.1) is 0 Å². The van der Waals surface area contributed by atoms with E-state index in [2.05, 4.69) is 20.4 Å². The van der Waals surface area contributed by atoms with Gasteiger partial charge < -0.3 is 14.4 Å². The molecule has 0 unspecified atom stereocenters. The van der Waals surface area contributed by atoms with Crippen LogP contribution in [0.4, 0.5) is 0 Å². The summed E-state index contributed by atoms with van der Waals surface area (Å²) in [5.74, 6) is -0.109. The van der Waals surface area contributed by atoms with Crippen molar-refractivity contribution in [2.75, 3.05) is 13.1 Å². The molecule has 4 rings (SSSR count). The molecule has 1 saturated heterocycles. The standard InChI is InChI=1S/C15H16N6O2/c22-14(11-2-3-12-6-16-10-21(12)8-11)20-5-1-4-15(23,9-20)13-7-17-19-18-13/h2-3,6-8,10,23H,1,4-5,9H2,(H,17,18,19)/t15-/m0/s1. The van der Waals surface area contributed by atoms with Gasteiger partial charge in [-0.15, -0.1) is 0 Å². The molecule has 3 aromatic rings. The van der Waals surface area contributed by atoms with E-state index < -0.39 is 5.60 Å². The number of nitrogens with zero attached hydrogens (tertiary/aromatic N) is 5. The van der Waals surface area contributed by atoms with Crippen LogP contribution >= 0.6 is 0 Å². The van der Waals surface area contributed by atoms with E-state index in [-0.39, 0.29) is 12.5 Å². The Kier molecular flexibility index (Phi) is 3.12. The minimum Gasteiger partial charge on any atom is -0.382 e. The number of hydrogen-bond acceptors (Lipinski definition) is 5. The number of aromatic nitrogens is 5. The van der Waals surface area contributed by atoms with Gasteiger partial charge in [-0.1, -0.05) is 0 Å². The van der Waals surface area contributed by atoms with Crippen molar-refractivity contribution in [1.82, 2.24) is 29.7 Å². The molecule has 1 fully saturated rings. The van der Waals surface area contributed by atoms with E-state index in [0.717, 1.165) is 5.52 Å². The van der Waals surface area contributed by atoms with Crippen LogP contribution in [0.25, 0.3) is 5.52 Å². The number of piperidine rings is 1. The summed E-state index contributed by atoms with van der Waals surface area (Å²) in [6, 6.07) is 3.64. The van der Waals surface area contributed by atoms with Crippen molar-refractivity contribution in [2.24, 2.45) is 0 Å². The number of hydrogen-bond donors (Lipinski definition) is 2. The van der Waals surface area contributed by atoms with Crippen LogP contribution in [0.5, 0.6) is 0 Å². The van der Waals surface area contributed by atoms with Crippen LogP contribution in [0.1, 0.15) is 28.9 Å². The average molecular weight is 312 g/mol. The molecule has 1 aliphatic rings. The van der Waals surface area contributed by atoms with Gasteiger partial charge in [-0.25, -0.2) is 4.98 Å². The molecule has 2 N–H and O–H groups in total. The molecule has 1 atom stereocenters. The Morgan fingerprint density at radius 3 is 3.09 bits per heavy atom. The number of likely N-dealkylation sites (tertiary alicyclic amines) is 1. The predicted molar refractivity (Wildman–Crippen MR) is 80.6 cm³/mol. The SMILES string of the molecule is O=C(c1ccc2cncn2c1)N1CCC[C@@](O)(c2cn[nH]n2)C1. The van der Waals surface area contributed by atoms with Crippen molar-refractivity contribution in [1.29, 1.82) is 0 Å². The zero-order valence-electron chi connectivity index (χ0n) is 12.4. The van der Waals surface area contributed by atoms with Crippen molar-refractivity contribution in [3.63, 3.8) is 0 Å². The fourth-order valence-corrected chi connectivity index (χ4v) is 3.07. The maximum Gasteiger partial charge on any atom is 0.255 e. The maximum absolute atomic E-state index is 12.8. The molecule has 0 bridgehead atoms. The summed E-state index contributed by atoms with van der Waals surface area (Å²) in [6.45, 7) is 0.821. The number of amides is 1.